The molecule has 0 saturated heterocycles. The van der Waals surface area contributed by atoms with Crippen LogP contribution in [0.15, 0.2) is 122 Å². The molecule has 2 aromatic heterocycles. The number of nitrogens with one attached hydrogen (secondary N) is 8. The Morgan fingerprint density at radius 3 is 1.44 bits per heavy atom. The van der Waals surface area contributed by atoms with Gasteiger partial charge in [-0.3, -0.25) is 31.3 Å². The number of fused-ring (bicyclic) bond motifs is 2. The summed E-state index contributed by atoms with van der Waals surface area (Å²) in [6.45, 7) is 6.04. The van der Waals surface area contributed by atoms with Crippen molar-refractivity contribution in [3.63, 3.8) is 0 Å². The first-order valence-corrected chi connectivity index (χ1v) is 18.1. The second kappa shape index (κ2) is 15.6. The minimum absolute atomic E-state index is 0.252. The molecule has 8 N–H and O–H groups in total. The number of aromatic amines is 2. The van der Waals surface area contributed by atoms with E-state index in [0.717, 1.165) is 66.6 Å². The number of H-pyrrole nitrogens is 2. The molecule has 0 unspecified atom stereocenters. The number of rotatable bonds is 7. The van der Waals surface area contributed by atoms with E-state index < -0.39 is 0 Å². The summed E-state index contributed by atoms with van der Waals surface area (Å²) >= 11 is 10.8. The lowest BCUT2D eigenvalue weighted by molar-refractivity contribution is 0.0936. The van der Waals surface area contributed by atoms with E-state index >= 15 is 0 Å². The number of hydrogen-bond acceptors (Lipinski definition) is 4. The highest BCUT2D eigenvalue weighted by Crippen LogP contribution is 2.40. The third kappa shape index (κ3) is 8.10. The van der Waals surface area contributed by atoms with Crippen molar-refractivity contribution in [3.8, 4) is 0 Å². The molecule has 0 fully saturated rings. The molecule has 2 heterocycles. The van der Waals surface area contributed by atoms with Gasteiger partial charge < -0.3 is 20.6 Å². The SMILES string of the molecule is Cc1ccc(C(c2c[nH]c3ccc(C(=O)NNC(=S)Nc4cccc(C)c4)cc23)c2c[nH]c3ccc(C(=O)NNC(=S)Nc4cccc(C)c4)cc23)cc1. The second-order valence-electron chi connectivity index (χ2n) is 13.2. The van der Waals surface area contributed by atoms with Crippen molar-refractivity contribution in [2.75, 3.05) is 10.6 Å². The highest BCUT2D eigenvalue weighted by Gasteiger charge is 2.25. The van der Waals surface area contributed by atoms with Crippen molar-refractivity contribution in [1.82, 2.24) is 31.7 Å². The second-order valence-corrected chi connectivity index (χ2v) is 14.0. The van der Waals surface area contributed by atoms with Crippen LogP contribution >= 0.6 is 24.4 Å². The molecule has 0 spiro atoms. The van der Waals surface area contributed by atoms with Crippen LogP contribution in [0.3, 0.4) is 0 Å². The molecule has 0 atom stereocenters. The van der Waals surface area contributed by atoms with Gasteiger partial charge in [0.15, 0.2) is 10.2 Å². The van der Waals surface area contributed by atoms with Crippen LogP contribution < -0.4 is 32.3 Å². The van der Waals surface area contributed by atoms with Gasteiger partial charge in [-0.1, -0.05) is 54.1 Å². The van der Waals surface area contributed by atoms with Crippen molar-refractivity contribution in [3.05, 3.63) is 166 Å². The van der Waals surface area contributed by atoms with E-state index in [2.05, 4.69) is 73.5 Å². The first kappa shape index (κ1) is 35.9. The topological polar surface area (TPSA) is 138 Å². The molecule has 0 aliphatic carbocycles. The predicted octanol–water partition coefficient (Wildman–Crippen LogP) is 8.02. The third-order valence-electron chi connectivity index (χ3n) is 9.12. The average Bonchev–Trinajstić information content (AvgIpc) is 3.78. The Morgan fingerprint density at radius 1 is 0.537 bits per heavy atom. The molecule has 12 heteroatoms. The van der Waals surface area contributed by atoms with Gasteiger partial charge in [0.25, 0.3) is 11.8 Å². The van der Waals surface area contributed by atoms with Gasteiger partial charge in [0, 0.05) is 62.6 Å². The van der Waals surface area contributed by atoms with Crippen LogP contribution in [0.5, 0.6) is 0 Å². The zero-order valence-electron chi connectivity index (χ0n) is 29.8. The summed E-state index contributed by atoms with van der Waals surface area (Å²) in [5, 5.41) is 8.47. The molecule has 0 aliphatic heterocycles. The van der Waals surface area contributed by atoms with Gasteiger partial charge in [-0.15, -0.1) is 0 Å². The summed E-state index contributed by atoms with van der Waals surface area (Å²) in [5.74, 6) is -0.929. The summed E-state index contributed by atoms with van der Waals surface area (Å²) in [5.41, 5.74) is 21.7. The lowest BCUT2D eigenvalue weighted by Crippen LogP contribution is -2.43. The number of thiocarbonyl (C=S) groups is 2. The molecule has 2 amide bonds. The minimum Gasteiger partial charge on any atom is -0.361 e. The molecular formula is C42H38N8O2S2. The Morgan fingerprint density at radius 2 is 1.00 bits per heavy atom. The number of aryl methyl sites for hydroxylation is 3. The van der Waals surface area contributed by atoms with Crippen LogP contribution in [0.25, 0.3) is 21.8 Å². The van der Waals surface area contributed by atoms with E-state index in [4.69, 9.17) is 24.4 Å². The van der Waals surface area contributed by atoms with E-state index in [1.165, 1.54) is 0 Å². The van der Waals surface area contributed by atoms with Gasteiger partial charge in [-0.05, 0) is 134 Å². The number of carbonyl (C=O) groups excluding carboxylic acids is 2. The maximum absolute atomic E-state index is 13.4. The van der Waals surface area contributed by atoms with Crippen LogP contribution in [-0.2, 0) is 0 Å². The Hall–Kier alpha value is -6.50. The normalized spacial score (nSPS) is 11.0. The molecule has 0 bridgehead atoms. The fourth-order valence-corrected chi connectivity index (χ4v) is 6.81. The molecule has 7 aromatic rings. The van der Waals surface area contributed by atoms with E-state index in [-0.39, 0.29) is 28.0 Å². The first-order chi connectivity index (χ1) is 26.1. The number of hydrazine groups is 2. The van der Waals surface area contributed by atoms with Gasteiger partial charge in [0.05, 0.1) is 0 Å². The zero-order valence-corrected chi connectivity index (χ0v) is 31.4. The molecular weight excluding hydrogens is 713 g/mol. The third-order valence-corrected chi connectivity index (χ3v) is 9.52. The number of anilines is 2. The van der Waals surface area contributed by atoms with Gasteiger partial charge in [-0.2, -0.15) is 0 Å². The number of amides is 2. The minimum atomic E-state index is -0.339. The number of aromatic nitrogens is 2. The van der Waals surface area contributed by atoms with Gasteiger partial charge in [0.2, 0.25) is 0 Å². The quantitative estimate of drug-likeness (QED) is 0.0606. The maximum atomic E-state index is 13.4. The van der Waals surface area contributed by atoms with Crippen molar-refractivity contribution < 1.29 is 9.59 Å². The summed E-state index contributed by atoms with van der Waals surface area (Å²) in [6.07, 6.45) is 3.97. The highest BCUT2D eigenvalue weighted by molar-refractivity contribution is 7.80. The highest BCUT2D eigenvalue weighted by atomic mass is 32.1. The molecule has 0 radical (unpaired) electrons. The van der Waals surface area contributed by atoms with Crippen molar-refractivity contribution in [1.29, 1.82) is 0 Å². The molecule has 7 rings (SSSR count). The van der Waals surface area contributed by atoms with E-state index in [1.54, 1.807) is 12.1 Å². The summed E-state index contributed by atoms with van der Waals surface area (Å²) in [4.78, 5) is 33.6. The van der Waals surface area contributed by atoms with Crippen LogP contribution in [-0.4, -0.2) is 32.0 Å². The first-order valence-electron chi connectivity index (χ1n) is 17.3. The van der Waals surface area contributed by atoms with E-state index in [1.807, 2.05) is 99.0 Å². The number of hydrogen-bond donors (Lipinski definition) is 8. The van der Waals surface area contributed by atoms with Crippen molar-refractivity contribution >= 4 is 79.7 Å². The monoisotopic (exact) mass is 750 g/mol. The fourth-order valence-electron chi connectivity index (χ4n) is 6.47. The molecule has 5 aromatic carbocycles. The summed E-state index contributed by atoms with van der Waals surface area (Å²) in [7, 11) is 0. The molecule has 10 nitrogen and oxygen atoms in total. The lowest BCUT2D eigenvalue weighted by atomic mass is 9.84. The number of benzene rings is 5. The predicted molar refractivity (Wildman–Crippen MR) is 225 cm³/mol. The Balaban J connectivity index is 1.15. The Labute approximate surface area is 323 Å². The zero-order chi connectivity index (χ0) is 37.8. The Kier molecular flexibility index (Phi) is 10.4. The van der Waals surface area contributed by atoms with Gasteiger partial charge in [0.1, 0.15) is 0 Å². The molecule has 54 heavy (non-hydrogen) atoms. The smallest absolute Gasteiger partial charge is 0.269 e. The lowest BCUT2D eigenvalue weighted by Gasteiger charge is -2.18. The fraction of sp³-hybridized carbons (Fsp3) is 0.0952. The van der Waals surface area contributed by atoms with Crippen LogP contribution in [0, 0.1) is 20.8 Å². The van der Waals surface area contributed by atoms with Gasteiger partial charge in [-0.25, -0.2) is 0 Å². The van der Waals surface area contributed by atoms with Crippen LogP contribution in [0.2, 0.25) is 0 Å². The maximum Gasteiger partial charge on any atom is 0.269 e. The van der Waals surface area contributed by atoms with Crippen LogP contribution in [0.1, 0.15) is 60.0 Å². The summed E-state index contributed by atoms with van der Waals surface area (Å²) in [6, 6.07) is 35.1. The van der Waals surface area contributed by atoms with Gasteiger partial charge >= 0.3 is 0 Å². The molecule has 270 valence electrons. The van der Waals surface area contributed by atoms with Crippen molar-refractivity contribution in [2.24, 2.45) is 0 Å². The van der Waals surface area contributed by atoms with Crippen molar-refractivity contribution in [2.45, 2.75) is 26.7 Å². The average molecular weight is 751 g/mol. The largest absolute Gasteiger partial charge is 0.361 e. The van der Waals surface area contributed by atoms with E-state index in [9.17, 15) is 9.59 Å². The Bertz CT molecular complexity index is 2390. The molecule has 0 aliphatic rings. The van der Waals surface area contributed by atoms with E-state index in [0.29, 0.717) is 11.1 Å². The van der Waals surface area contributed by atoms with Crippen LogP contribution in [0.4, 0.5) is 11.4 Å². The number of carbonyl (C=O) groups is 2. The summed E-state index contributed by atoms with van der Waals surface area (Å²) < 4.78 is 0. The standard InChI is InChI=1S/C42H38N8O2S2/c1-24-10-12-27(13-11-24)38(34-22-43-36-16-14-28(20-32(34)36)39(51)47-49-41(53)45-30-8-4-6-25(2)18-30)35-23-44-37-17-15-29(21-33(35)37)40(52)48-50-42(54)46-31-9-5-7-26(3)19-31/h4-23,38,43-44H,1-3H3,(H,47,51)(H,48,52)(H2,45,49,53)(H2,46,50,54). The molecule has 0 saturated carbocycles.